The second-order valence-corrected chi connectivity index (χ2v) is 5.88. The van der Waals surface area contributed by atoms with Crippen LogP contribution in [0.2, 0.25) is 0 Å². The van der Waals surface area contributed by atoms with E-state index in [2.05, 4.69) is 15.1 Å². The van der Waals surface area contributed by atoms with Gasteiger partial charge in [-0.1, -0.05) is 6.07 Å². The number of carboxylic acid groups (broad SMARTS) is 1. The normalized spacial score (nSPS) is 10.6. The molecule has 0 saturated heterocycles. The molecule has 27 heavy (non-hydrogen) atoms. The van der Waals surface area contributed by atoms with Crippen LogP contribution >= 0.6 is 0 Å². The summed E-state index contributed by atoms with van der Waals surface area (Å²) < 4.78 is 12.7. The maximum Gasteiger partial charge on any atom is 0.305 e. The molecule has 0 bridgehead atoms. The summed E-state index contributed by atoms with van der Waals surface area (Å²) in [6, 6.07) is 7.37. The maximum absolute atomic E-state index is 10.9. The van der Waals surface area contributed by atoms with Gasteiger partial charge in [0, 0.05) is 24.0 Å². The average molecular weight is 368 g/mol. The third-order valence-corrected chi connectivity index (χ3v) is 4.02. The number of pyridine rings is 2. The Balaban J connectivity index is 1.81. The Kier molecular flexibility index (Phi) is 5.65. The second kappa shape index (κ2) is 8.31. The van der Waals surface area contributed by atoms with E-state index in [4.69, 9.17) is 14.6 Å². The van der Waals surface area contributed by atoms with E-state index in [0.717, 1.165) is 16.8 Å². The zero-order valence-electron chi connectivity index (χ0n) is 15.1. The molecule has 3 rings (SSSR count). The monoisotopic (exact) mass is 368 g/mol. The van der Waals surface area contributed by atoms with E-state index < -0.39 is 5.97 Å². The lowest BCUT2D eigenvalue weighted by atomic mass is 10.1. The topological polar surface area (TPSA) is 99.4 Å². The molecule has 3 heterocycles. The Morgan fingerprint density at radius 2 is 2.11 bits per heavy atom. The number of methoxy groups -OCH3 is 1. The first-order valence-electron chi connectivity index (χ1n) is 8.40. The number of nitrogens with zero attached hydrogens (tertiary/aromatic N) is 4. The molecule has 0 radical (unpaired) electrons. The van der Waals surface area contributed by atoms with Crippen LogP contribution in [0.15, 0.2) is 42.9 Å². The summed E-state index contributed by atoms with van der Waals surface area (Å²) in [5.74, 6) is 0.317. The molecule has 3 aromatic heterocycles. The molecule has 0 aliphatic carbocycles. The predicted octanol–water partition coefficient (Wildman–Crippen LogP) is 2.71. The summed E-state index contributed by atoms with van der Waals surface area (Å²) in [4.78, 5) is 19.5. The van der Waals surface area contributed by atoms with Crippen molar-refractivity contribution in [3.05, 3.63) is 54.0 Å². The Bertz CT molecular complexity index is 939. The van der Waals surface area contributed by atoms with Crippen molar-refractivity contribution < 1.29 is 19.4 Å². The first-order valence-corrected chi connectivity index (χ1v) is 8.40. The summed E-state index contributed by atoms with van der Waals surface area (Å²) in [6.07, 6.45) is 4.94. The van der Waals surface area contributed by atoms with Gasteiger partial charge in [0.2, 0.25) is 5.88 Å². The molecule has 0 unspecified atom stereocenters. The summed E-state index contributed by atoms with van der Waals surface area (Å²) in [5, 5.41) is 13.1. The van der Waals surface area contributed by atoms with Gasteiger partial charge in [0.1, 0.15) is 12.4 Å². The van der Waals surface area contributed by atoms with Crippen LogP contribution in [-0.4, -0.2) is 37.9 Å². The van der Waals surface area contributed by atoms with Crippen LogP contribution in [0.1, 0.15) is 17.5 Å². The Morgan fingerprint density at radius 1 is 1.26 bits per heavy atom. The highest BCUT2D eigenvalue weighted by Gasteiger charge is 2.13. The van der Waals surface area contributed by atoms with Gasteiger partial charge in [0.05, 0.1) is 37.7 Å². The number of aryl methyl sites for hydroxylation is 2. The quantitative estimate of drug-likeness (QED) is 0.652. The second-order valence-electron chi connectivity index (χ2n) is 5.88. The fourth-order valence-corrected chi connectivity index (χ4v) is 2.64. The van der Waals surface area contributed by atoms with Crippen molar-refractivity contribution in [2.24, 2.45) is 0 Å². The van der Waals surface area contributed by atoms with E-state index in [0.29, 0.717) is 23.9 Å². The molecular weight excluding hydrogens is 348 g/mol. The van der Waals surface area contributed by atoms with Gasteiger partial charge < -0.3 is 14.6 Å². The van der Waals surface area contributed by atoms with Gasteiger partial charge in [-0.25, -0.2) is 4.98 Å². The molecule has 0 spiro atoms. The lowest BCUT2D eigenvalue weighted by molar-refractivity contribution is -0.137. The van der Waals surface area contributed by atoms with E-state index in [1.165, 1.54) is 0 Å². The van der Waals surface area contributed by atoms with E-state index in [9.17, 15) is 4.79 Å². The highest BCUT2D eigenvalue weighted by molar-refractivity contribution is 5.67. The summed E-state index contributed by atoms with van der Waals surface area (Å²) in [6.45, 7) is 2.49. The first kappa shape index (κ1) is 18.4. The van der Waals surface area contributed by atoms with Crippen molar-refractivity contribution in [3.8, 4) is 23.0 Å². The number of aliphatic carboxylic acids is 1. The van der Waals surface area contributed by atoms with Crippen LogP contribution in [0.3, 0.4) is 0 Å². The Hall–Kier alpha value is -3.42. The number of carbonyl (C=O) groups is 1. The summed E-state index contributed by atoms with van der Waals surface area (Å²) in [7, 11) is 1.57. The Labute approximate surface area is 156 Å². The van der Waals surface area contributed by atoms with Gasteiger partial charge in [-0.3, -0.25) is 14.5 Å². The van der Waals surface area contributed by atoms with Gasteiger partial charge in [-0.05, 0) is 24.6 Å². The number of hydrogen-bond acceptors (Lipinski definition) is 6. The van der Waals surface area contributed by atoms with Crippen LogP contribution in [-0.2, 0) is 17.9 Å². The van der Waals surface area contributed by atoms with Gasteiger partial charge >= 0.3 is 5.97 Å². The number of ether oxygens (including phenoxy) is 2. The average Bonchev–Trinajstić information content (AvgIpc) is 3.14. The van der Waals surface area contributed by atoms with Crippen molar-refractivity contribution in [1.29, 1.82) is 0 Å². The van der Waals surface area contributed by atoms with Crippen LogP contribution in [0.4, 0.5) is 0 Å². The molecule has 0 saturated carbocycles. The van der Waals surface area contributed by atoms with Gasteiger partial charge in [-0.15, -0.1) is 0 Å². The third kappa shape index (κ3) is 4.41. The lowest BCUT2D eigenvalue weighted by Gasteiger charge is -2.13. The van der Waals surface area contributed by atoms with E-state index in [1.54, 1.807) is 36.4 Å². The van der Waals surface area contributed by atoms with Gasteiger partial charge in [-0.2, -0.15) is 5.10 Å². The number of hydrogen-bond donors (Lipinski definition) is 1. The molecule has 0 aliphatic heterocycles. The number of aromatic nitrogens is 4. The molecule has 8 heteroatoms. The largest absolute Gasteiger partial charge is 0.487 e. The van der Waals surface area contributed by atoms with Crippen molar-refractivity contribution in [3.63, 3.8) is 0 Å². The summed E-state index contributed by atoms with van der Waals surface area (Å²) in [5.41, 5.74) is 3.24. The minimum Gasteiger partial charge on any atom is -0.487 e. The number of carboxylic acids is 1. The van der Waals surface area contributed by atoms with Gasteiger partial charge in [0.15, 0.2) is 0 Å². The molecule has 140 valence electrons. The maximum atomic E-state index is 10.9. The molecule has 0 amide bonds. The SMILES string of the molecule is COc1cc(C)c(OCc2cccnc2-c2ccnn2CCC(=O)O)cn1. The molecule has 3 aromatic rings. The molecule has 0 aromatic carbocycles. The standard InChI is InChI=1S/C19H20N4O4/c1-13-10-17(26-2)21-11-16(13)27-12-14-4-3-7-20-19(14)15-5-8-22-23(15)9-6-18(24)25/h3-5,7-8,10-11H,6,9,12H2,1-2H3,(H,24,25). The third-order valence-electron chi connectivity index (χ3n) is 4.02. The minimum absolute atomic E-state index is 0.00986. The van der Waals surface area contributed by atoms with E-state index in [-0.39, 0.29) is 13.0 Å². The fraction of sp³-hybridized carbons (Fsp3) is 0.263. The Morgan fingerprint density at radius 3 is 2.85 bits per heavy atom. The van der Waals surface area contributed by atoms with Crippen LogP contribution in [0, 0.1) is 6.92 Å². The van der Waals surface area contributed by atoms with E-state index in [1.807, 2.05) is 25.1 Å². The minimum atomic E-state index is -0.872. The number of rotatable bonds is 8. The zero-order valence-corrected chi connectivity index (χ0v) is 15.1. The molecule has 1 N–H and O–H groups in total. The molecule has 0 fully saturated rings. The lowest BCUT2D eigenvalue weighted by Crippen LogP contribution is -2.09. The van der Waals surface area contributed by atoms with Crippen molar-refractivity contribution in [1.82, 2.24) is 19.7 Å². The summed E-state index contributed by atoms with van der Waals surface area (Å²) >= 11 is 0. The molecule has 0 atom stereocenters. The molecule has 8 nitrogen and oxygen atoms in total. The van der Waals surface area contributed by atoms with Crippen LogP contribution < -0.4 is 9.47 Å². The van der Waals surface area contributed by atoms with Crippen molar-refractivity contribution in [2.45, 2.75) is 26.5 Å². The van der Waals surface area contributed by atoms with Gasteiger partial charge in [0.25, 0.3) is 0 Å². The highest BCUT2D eigenvalue weighted by Crippen LogP contribution is 2.25. The smallest absolute Gasteiger partial charge is 0.305 e. The van der Waals surface area contributed by atoms with Crippen molar-refractivity contribution in [2.75, 3.05) is 7.11 Å². The zero-order chi connectivity index (χ0) is 19.2. The first-order chi connectivity index (χ1) is 13.1. The molecular formula is C19H20N4O4. The molecule has 0 aliphatic rings. The van der Waals surface area contributed by atoms with Crippen molar-refractivity contribution >= 4 is 5.97 Å². The van der Waals surface area contributed by atoms with Crippen LogP contribution in [0.25, 0.3) is 11.4 Å². The van der Waals surface area contributed by atoms with Crippen LogP contribution in [0.5, 0.6) is 11.6 Å². The predicted molar refractivity (Wildman–Crippen MR) is 97.6 cm³/mol. The van der Waals surface area contributed by atoms with E-state index >= 15 is 0 Å². The highest BCUT2D eigenvalue weighted by atomic mass is 16.5. The fourth-order valence-electron chi connectivity index (χ4n) is 2.64.